The number of aliphatic hydroxyl groups excluding tert-OH is 1. The van der Waals surface area contributed by atoms with Crippen molar-refractivity contribution in [3.8, 4) is 23.3 Å². The molecule has 0 aliphatic carbocycles. The highest BCUT2D eigenvalue weighted by atomic mass is 16.6. The molecule has 0 amide bonds. The zero-order chi connectivity index (χ0) is 35.8. The van der Waals surface area contributed by atoms with Crippen molar-refractivity contribution in [1.29, 1.82) is 0 Å². The van der Waals surface area contributed by atoms with Crippen LogP contribution in [-0.4, -0.2) is 78.0 Å². The molecule has 10 nitrogen and oxygen atoms in total. The molecule has 264 valence electrons. The van der Waals surface area contributed by atoms with Gasteiger partial charge in [-0.15, -0.1) is 0 Å². The predicted octanol–water partition coefficient (Wildman–Crippen LogP) is 6.87. The Kier molecular flexibility index (Phi) is 11.3. The first-order chi connectivity index (χ1) is 24.9. The number of nitrogens with zero attached hydrogens (tertiary/aromatic N) is 5. The molecule has 10 heteroatoms. The van der Waals surface area contributed by atoms with Gasteiger partial charge in [-0.1, -0.05) is 79.8 Å². The van der Waals surface area contributed by atoms with Gasteiger partial charge in [-0.2, -0.15) is 0 Å². The van der Waals surface area contributed by atoms with Gasteiger partial charge in [0.15, 0.2) is 5.82 Å². The van der Waals surface area contributed by atoms with Crippen molar-refractivity contribution in [2.24, 2.45) is 4.99 Å². The molecule has 1 saturated heterocycles. The molecule has 0 saturated carbocycles. The molecule has 5 aromatic rings. The summed E-state index contributed by atoms with van der Waals surface area (Å²) in [6, 6.07) is 25.8. The normalized spacial score (nSPS) is 17.4. The van der Waals surface area contributed by atoms with E-state index in [4.69, 9.17) is 18.9 Å². The van der Waals surface area contributed by atoms with E-state index in [0.717, 1.165) is 58.4 Å². The molecule has 1 aliphatic heterocycles. The van der Waals surface area contributed by atoms with Gasteiger partial charge < -0.3 is 33.5 Å². The van der Waals surface area contributed by atoms with Gasteiger partial charge in [-0.25, -0.2) is 15.0 Å². The first kappa shape index (κ1) is 35.6. The van der Waals surface area contributed by atoms with E-state index in [-0.39, 0.29) is 6.61 Å². The van der Waals surface area contributed by atoms with Crippen molar-refractivity contribution in [1.82, 2.24) is 19.4 Å². The minimum Gasteiger partial charge on any atom is -0.497 e. The van der Waals surface area contributed by atoms with Crippen LogP contribution in [0.4, 0.5) is 5.82 Å². The van der Waals surface area contributed by atoms with Crippen LogP contribution in [0.15, 0.2) is 96.4 Å². The first-order valence-electron chi connectivity index (χ1n) is 17.2. The Hall–Kier alpha value is -5.21. The maximum atomic E-state index is 11.5. The SMILES string of the molecule is CCCCC#Cc1cn([C@H]2C[C@H](O)[C@@H](COC(c3ccccc3)(c3ccc(OC)cc3)c3ccc(OC)cc3)O2)c2ncnc(N=CN(C)C)c12. The van der Waals surface area contributed by atoms with E-state index < -0.39 is 24.0 Å². The van der Waals surface area contributed by atoms with Crippen LogP contribution in [0.1, 0.15) is 61.1 Å². The van der Waals surface area contributed by atoms with Crippen LogP contribution in [0.3, 0.4) is 0 Å². The largest absolute Gasteiger partial charge is 0.497 e. The zero-order valence-electron chi connectivity index (χ0n) is 29.8. The third-order valence-corrected chi connectivity index (χ3v) is 9.03. The third-order valence-electron chi connectivity index (χ3n) is 9.03. The molecule has 3 atom stereocenters. The number of ether oxygens (including phenoxy) is 4. The van der Waals surface area contributed by atoms with Crippen molar-refractivity contribution in [3.63, 3.8) is 0 Å². The molecule has 2 aromatic heterocycles. The summed E-state index contributed by atoms with van der Waals surface area (Å²) in [5.74, 6) is 8.63. The molecule has 0 unspecified atom stereocenters. The fourth-order valence-corrected chi connectivity index (χ4v) is 6.39. The maximum absolute atomic E-state index is 11.5. The Morgan fingerprint density at radius 1 is 0.961 bits per heavy atom. The van der Waals surface area contributed by atoms with Crippen LogP contribution in [0.25, 0.3) is 11.0 Å². The summed E-state index contributed by atoms with van der Waals surface area (Å²) in [4.78, 5) is 15.6. The molecule has 1 fully saturated rings. The highest BCUT2D eigenvalue weighted by molar-refractivity contribution is 5.93. The van der Waals surface area contributed by atoms with E-state index in [1.54, 1.807) is 20.6 Å². The van der Waals surface area contributed by atoms with E-state index in [0.29, 0.717) is 17.9 Å². The van der Waals surface area contributed by atoms with Crippen LogP contribution in [0, 0.1) is 11.8 Å². The molecular formula is C41H45N5O5. The number of methoxy groups -OCH3 is 2. The number of unbranched alkanes of at least 4 members (excludes halogenated alkanes) is 2. The number of hydrogen-bond donors (Lipinski definition) is 1. The van der Waals surface area contributed by atoms with Gasteiger partial charge in [0.05, 0.1) is 44.2 Å². The van der Waals surface area contributed by atoms with Crippen LogP contribution in [0.5, 0.6) is 11.5 Å². The second-order valence-electron chi connectivity index (χ2n) is 12.7. The lowest BCUT2D eigenvalue weighted by Crippen LogP contribution is -2.38. The smallest absolute Gasteiger partial charge is 0.167 e. The second kappa shape index (κ2) is 16.2. The van der Waals surface area contributed by atoms with Gasteiger partial charge in [-0.05, 0) is 47.4 Å². The molecule has 0 bridgehead atoms. The average molecular weight is 688 g/mol. The van der Waals surface area contributed by atoms with E-state index >= 15 is 0 Å². The Balaban J connectivity index is 1.36. The standard InChI is InChI=1S/C41H45N5O5/c1-6-7-8-10-13-29-25-46(40-38(29)39(42-27-43-40)44-28-45(2)3)37-24-35(47)36(51-37)26-50-41(30-14-11-9-12-15-30,31-16-20-33(48-4)21-17-31)32-18-22-34(49-5)23-19-32/h9,11-12,14-23,25,27-28,35-37,47H,6-8,24,26H2,1-5H3/t35-,36+,37+/m0/s1. The molecular weight excluding hydrogens is 642 g/mol. The summed E-state index contributed by atoms with van der Waals surface area (Å²) in [5, 5.41) is 12.3. The number of fused-ring (bicyclic) bond motifs is 1. The van der Waals surface area contributed by atoms with Crippen molar-refractivity contribution in [2.45, 2.75) is 56.6 Å². The molecule has 1 aliphatic rings. The quantitative estimate of drug-likeness (QED) is 0.0471. The minimum absolute atomic E-state index is 0.0981. The number of rotatable bonds is 13. The average Bonchev–Trinajstić information content (AvgIpc) is 3.73. The van der Waals surface area contributed by atoms with Crippen molar-refractivity contribution in [2.75, 3.05) is 34.9 Å². The Morgan fingerprint density at radius 3 is 2.22 bits per heavy atom. The zero-order valence-corrected chi connectivity index (χ0v) is 29.8. The number of aliphatic imine (C=N–C) groups is 1. The lowest BCUT2D eigenvalue weighted by molar-refractivity contribution is -0.0930. The van der Waals surface area contributed by atoms with Gasteiger partial charge in [0.2, 0.25) is 0 Å². The summed E-state index contributed by atoms with van der Waals surface area (Å²) in [6.07, 6.45) is 6.40. The van der Waals surface area contributed by atoms with Gasteiger partial charge >= 0.3 is 0 Å². The molecule has 6 rings (SSSR count). The Morgan fingerprint density at radius 2 is 1.61 bits per heavy atom. The number of benzene rings is 3. The van der Waals surface area contributed by atoms with Crippen molar-refractivity contribution >= 4 is 23.2 Å². The first-order valence-corrected chi connectivity index (χ1v) is 17.2. The van der Waals surface area contributed by atoms with E-state index in [2.05, 4.69) is 33.7 Å². The molecule has 3 heterocycles. The highest BCUT2D eigenvalue weighted by Gasteiger charge is 2.42. The van der Waals surface area contributed by atoms with Crippen molar-refractivity contribution in [3.05, 3.63) is 114 Å². The number of hydrogen-bond acceptors (Lipinski definition) is 8. The summed E-state index contributed by atoms with van der Waals surface area (Å²) in [7, 11) is 7.11. The lowest BCUT2D eigenvalue weighted by Gasteiger charge is -2.37. The summed E-state index contributed by atoms with van der Waals surface area (Å²) in [6.45, 7) is 2.25. The molecule has 3 aromatic carbocycles. The molecule has 51 heavy (non-hydrogen) atoms. The van der Waals surface area contributed by atoms with E-state index in [1.807, 2.05) is 109 Å². The van der Waals surface area contributed by atoms with Gasteiger partial charge in [-0.3, -0.25) is 0 Å². The molecule has 0 radical (unpaired) electrons. The van der Waals surface area contributed by atoms with E-state index in [9.17, 15) is 5.11 Å². The third kappa shape index (κ3) is 7.61. The van der Waals surface area contributed by atoms with E-state index in [1.165, 1.54) is 6.33 Å². The molecule has 0 spiro atoms. The fraction of sp³-hybridized carbons (Fsp3) is 0.341. The summed E-state index contributed by atoms with van der Waals surface area (Å²) < 4.78 is 26.6. The van der Waals surface area contributed by atoms with Crippen LogP contribution >= 0.6 is 0 Å². The lowest BCUT2D eigenvalue weighted by atomic mass is 9.80. The second-order valence-corrected chi connectivity index (χ2v) is 12.7. The van der Waals surface area contributed by atoms with Crippen molar-refractivity contribution < 1.29 is 24.1 Å². The van der Waals surface area contributed by atoms with Crippen LogP contribution in [-0.2, 0) is 15.1 Å². The Bertz CT molecular complexity index is 1930. The summed E-state index contributed by atoms with van der Waals surface area (Å²) >= 11 is 0. The maximum Gasteiger partial charge on any atom is 0.167 e. The van der Waals surface area contributed by atoms with Crippen LogP contribution in [0.2, 0.25) is 0 Å². The van der Waals surface area contributed by atoms with Crippen LogP contribution < -0.4 is 9.47 Å². The minimum atomic E-state index is -1.05. The predicted molar refractivity (Wildman–Crippen MR) is 199 cm³/mol. The van der Waals surface area contributed by atoms with Gasteiger partial charge in [0.25, 0.3) is 0 Å². The van der Waals surface area contributed by atoms with Gasteiger partial charge in [0, 0.05) is 33.1 Å². The monoisotopic (exact) mass is 687 g/mol. The fourth-order valence-electron chi connectivity index (χ4n) is 6.39. The Labute approximate surface area is 299 Å². The highest BCUT2D eigenvalue weighted by Crippen LogP contribution is 2.43. The topological polar surface area (TPSA) is 103 Å². The number of aliphatic hydroxyl groups is 1. The number of aromatic nitrogens is 3. The summed E-state index contributed by atoms with van der Waals surface area (Å²) in [5.41, 5.74) is 3.09. The van der Waals surface area contributed by atoms with Gasteiger partial charge in [0.1, 0.15) is 41.4 Å². The molecule has 1 N–H and O–H groups in total.